The Balaban J connectivity index is 3.94. The minimum absolute atomic E-state index is 0.0153. The number of nitrogens with zero attached hydrogens (tertiary/aromatic N) is 1. The Morgan fingerprint density at radius 1 is 0.711 bits per heavy atom. The number of Topliss-reactive ketones (excluding diaryl/α,β-unsaturated/α-hetero) is 1. The Morgan fingerprint density at radius 2 is 1.21 bits per heavy atom. The summed E-state index contributed by atoms with van der Waals surface area (Å²) in [6, 6.07) is 0. The van der Waals surface area contributed by atoms with Crippen molar-refractivity contribution in [1.29, 1.82) is 0 Å². The maximum atomic E-state index is 12.3. The van der Waals surface area contributed by atoms with E-state index in [4.69, 9.17) is 9.05 Å². The van der Waals surface area contributed by atoms with Gasteiger partial charge in [0.05, 0.1) is 13.2 Å². The molecule has 6 nitrogen and oxygen atoms in total. The first-order chi connectivity index (χ1) is 18.3. The first-order valence-corrected chi connectivity index (χ1v) is 17.6. The van der Waals surface area contributed by atoms with Crippen LogP contribution in [-0.4, -0.2) is 49.4 Å². The van der Waals surface area contributed by atoms with E-state index in [-0.39, 0.29) is 24.9 Å². The average molecular weight is 562 g/mol. The Labute approximate surface area is 236 Å². The molecule has 0 rings (SSSR count). The fourth-order valence-corrected chi connectivity index (χ4v) is 5.71. The van der Waals surface area contributed by atoms with Crippen LogP contribution in [0.1, 0.15) is 155 Å². The lowest BCUT2D eigenvalue weighted by Crippen LogP contribution is -2.15. The zero-order valence-electron chi connectivity index (χ0n) is 25.7. The summed E-state index contributed by atoms with van der Waals surface area (Å²) in [5.74, 6) is 0.202. The molecule has 1 N–H and O–H groups in total. The predicted octanol–water partition coefficient (Wildman–Crippen LogP) is 9.49. The van der Waals surface area contributed by atoms with Gasteiger partial charge in [0.15, 0.2) is 0 Å². The van der Waals surface area contributed by atoms with Gasteiger partial charge in [-0.15, -0.1) is 0 Å². The van der Waals surface area contributed by atoms with Crippen LogP contribution in [-0.2, 0) is 18.4 Å². The van der Waals surface area contributed by atoms with Crippen LogP contribution in [0.4, 0.5) is 0 Å². The Bertz CT molecular complexity index is 572. The second-order valence-corrected chi connectivity index (χ2v) is 13.0. The summed E-state index contributed by atoms with van der Waals surface area (Å²) in [5, 5.41) is 0. The van der Waals surface area contributed by atoms with E-state index in [2.05, 4.69) is 11.8 Å². The quantitative estimate of drug-likeness (QED) is 0.0695. The van der Waals surface area contributed by atoms with Gasteiger partial charge in [0.2, 0.25) is 0 Å². The molecule has 0 radical (unpaired) electrons. The smallest absolute Gasteiger partial charge is 0.309 e. The van der Waals surface area contributed by atoms with Gasteiger partial charge in [-0.3, -0.25) is 13.8 Å². The summed E-state index contributed by atoms with van der Waals surface area (Å²) in [5.41, 5.74) is 0. The molecule has 0 heterocycles. The van der Waals surface area contributed by atoms with E-state index in [1.54, 1.807) is 0 Å². The van der Waals surface area contributed by atoms with E-state index >= 15 is 0 Å². The van der Waals surface area contributed by atoms with E-state index in [1.165, 1.54) is 89.9 Å². The number of hydrogen-bond acceptors (Lipinski definition) is 5. The molecule has 0 aromatic heterocycles. The molecular weight excluding hydrogens is 497 g/mol. The van der Waals surface area contributed by atoms with Crippen molar-refractivity contribution in [2.75, 3.05) is 33.9 Å². The van der Waals surface area contributed by atoms with Crippen LogP contribution in [0.3, 0.4) is 0 Å². The molecule has 0 fully saturated rings. The van der Waals surface area contributed by atoms with E-state index in [9.17, 15) is 14.3 Å². The van der Waals surface area contributed by atoms with Gasteiger partial charge < -0.3 is 9.79 Å². The number of unbranched alkanes of at least 4 members (excludes halogenated alkanes) is 16. The Hall–Kier alpha value is -0.260. The van der Waals surface area contributed by atoms with Gasteiger partial charge >= 0.3 is 7.82 Å². The fraction of sp³-hybridized carbons (Fsp3) is 0.968. The number of phosphoric acid groups is 1. The molecule has 0 aromatic rings. The van der Waals surface area contributed by atoms with Crippen molar-refractivity contribution >= 4 is 13.6 Å². The van der Waals surface area contributed by atoms with Crippen LogP contribution in [0.5, 0.6) is 0 Å². The number of rotatable bonds is 30. The van der Waals surface area contributed by atoms with Crippen molar-refractivity contribution in [2.45, 2.75) is 155 Å². The molecule has 38 heavy (non-hydrogen) atoms. The SMILES string of the molecule is CCCCCCCCCCCCCCCCCCC(COP(=O)(O)OCCCCN(C)C)CC(=O)CCC. The van der Waals surface area contributed by atoms with Gasteiger partial charge in [0.25, 0.3) is 0 Å². The van der Waals surface area contributed by atoms with Crippen molar-refractivity contribution < 1.29 is 23.3 Å². The highest BCUT2D eigenvalue weighted by Gasteiger charge is 2.24. The van der Waals surface area contributed by atoms with E-state index in [0.717, 1.165) is 38.6 Å². The minimum atomic E-state index is -4.07. The summed E-state index contributed by atoms with van der Waals surface area (Å²) < 4.78 is 22.7. The lowest BCUT2D eigenvalue weighted by Gasteiger charge is -2.19. The summed E-state index contributed by atoms with van der Waals surface area (Å²) >= 11 is 0. The normalized spacial score (nSPS) is 14.2. The minimum Gasteiger partial charge on any atom is -0.309 e. The first-order valence-electron chi connectivity index (χ1n) is 16.1. The van der Waals surface area contributed by atoms with Gasteiger partial charge in [-0.1, -0.05) is 117 Å². The largest absolute Gasteiger partial charge is 0.472 e. The second kappa shape index (κ2) is 26.9. The van der Waals surface area contributed by atoms with Gasteiger partial charge in [0, 0.05) is 12.8 Å². The van der Waals surface area contributed by atoms with Crippen molar-refractivity contribution in [3.05, 3.63) is 0 Å². The number of carbonyl (C=O) groups is 1. The molecule has 7 heteroatoms. The molecule has 0 bridgehead atoms. The van der Waals surface area contributed by atoms with Crippen LogP contribution in [0.15, 0.2) is 0 Å². The highest BCUT2D eigenvalue weighted by atomic mass is 31.2. The van der Waals surface area contributed by atoms with Gasteiger partial charge in [-0.25, -0.2) is 4.57 Å². The van der Waals surface area contributed by atoms with Crippen molar-refractivity contribution in [3.8, 4) is 0 Å². The van der Waals surface area contributed by atoms with Gasteiger partial charge in [-0.2, -0.15) is 0 Å². The van der Waals surface area contributed by atoms with Crippen LogP contribution in [0, 0.1) is 5.92 Å². The van der Waals surface area contributed by atoms with Gasteiger partial charge in [-0.05, 0) is 52.2 Å². The molecule has 0 amide bonds. The number of hydrogen-bond donors (Lipinski definition) is 1. The van der Waals surface area contributed by atoms with Crippen molar-refractivity contribution in [1.82, 2.24) is 4.90 Å². The van der Waals surface area contributed by atoms with E-state index < -0.39 is 7.82 Å². The molecule has 0 aliphatic heterocycles. The van der Waals surface area contributed by atoms with E-state index in [1.807, 2.05) is 21.0 Å². The standard InChI is InChI=1S/C31H64NO5P/c1-5-7-8-9-10-11-12-13-14-15-16-17-18-19-20-21-25-30(28-31(33)24-6-2)29-37-38(34,35)36-27-23-22-26-32(3)4/h30H,5-29H2,1-4H3,(H,34,35). The van der Waals surface area contributed by atoms with Crippen LogP contribution in [0.2, 0.25) is 0 Å². The first kappa shape index (κ1) is 37.7. The number of carbonyl (C=O) groups excluding carboxylic acids is 1. The molecule has 2 unspecified atom stereocenters. The Kier molecular flexibility index (Phi) is 26.8. The van der Waals surface area contributed by atoms with E-state index in [0.29, 0.717) is 19.3 Å². The topological polar surface area (TPSA) is 76.1 Å². The molecule has 0 spiro atoms. The molecule has 2 atom stereocenters. The zero-order chi connectivity index (χ0) is 28.3. The molecule has 0 saturated carbocycles. The number of phosphoric ester groups is 1. The van der Waals surface area contributed by atoms with Crippen LogP contribution < -0.4 is 0 Å². The molecule has 0 aliphatic rings. The molecule has 0 saturated heterocycles. The van der Waals surface area contributed by atoms with Crippen molar-refractivity contribution in [2.24, 2.45) is 5.92 Å². The lowest BCUT2D eigenvalue weighted by atomic mass is 9.94. The highest BCUT2D eigenvalue weighted by molar-refractivity contribution is 7.47. The summed E-state index contributed by atoms with van der Waals surface area (Å²) in [7, 11) is -0.0696. The summed E-state index contributed by atoms with van der Waals surface area (Å²) in [6.07, 6.45) is 25.6. The molecule has 0 aliphatic carbocycles. The monoisotopic (exact) mass is 561 g/mol. The fourth-order valence-electron chi connectivity index (χ4n) is 4.88. The predicted molar refractivity (Wildman–Crippen MR) is 162 cm³/mol. The van der Waals surface area contributed by atoms with Crippen molar-refractivity contribution in [3.63, 3.8) is 0 Å². The summed E-state index contributed by atoms with van der Waals surface area (Å²) in [4.78, 5) is 24.3. The average Bonchev–Trinajstić information content (AvgIpc) is 2.86. The summed E-state index contributed by atoms with van der Waals surface area (Å²) in [6.45, 7) is 5.52. The lowest BCUT2D eigenvalue weighted by molar-refractivity contribution is -0.120. The highest BCUT2D eigenvalue weighted by Crippen LogP contribution is 2.44. The third kappa shape index (κ3) is 27.3. The van der Waals surface area contributed by atoms with Crippen LogP contribution >= 0.6 is 7.82 Å². The molecule has 228 valence electrons. The van der Waals surface area contributed by atoms with Gasteiger partial charge in [0.1, 0.15) is 5.78 Å². The molecular formula is C31H64NO5P. The maximum Gasteiger partial charge on any atom is 0.472 e. The molecule has 0 aromatic carbocycles. The Morgan fingerprint density at radius 3 is 1.68 bits per heavy atom. The second-order valence-electron chi connectivity index (χ2n) is 11.6. The number of ketones is 1. The zero-order valence-corrected chi connectivity index (χ0v) is 26.6. The van der Waals surface area contributed by atoms with Crippen LogP contribution in [0.25, 0.3) is 0 Å². The third-order valence-electron chi connectivity index (χ3n) is 7.24. The maximum absolute atomic E-state index is 12.3. The third-order valence-corrected chi connectivity index (χ3v) is 8.22.